The van der Waals surface area contributed by atoms with E-state index < -0.39 is 0 Å². The number of aromatic nitrogens is 2. The SMILES string of the molecule is C[C@H](N=C1NC=CC(N)N1c1cc(C2CC2)[nH]n1)c1ccc(F)cc1. The van der Waals surface area contributed by atoms with Gasteiger partial charge in [-0.3, -0.25) is 10.00 Å². The van der Waals surface area contributed by atoms with Crippen LogP contribution in [-0.2, 0) is 0 Å². The van der Waals surface area contributed by atoms with Gasteiger partial charge in [-0.25, -0.2) is 9.38 Å². The lowest BCUT2D eigenvalue weighted by Crippen LogP contribution is -2.53. The number of aromatic amines is 1. The van der Waals surface area contributed by atoms with E-state index in [1.165, 1.54) is 25.0 Å². The summed E-state index contributed by atoms with van der Waals surface area (Å²) in [6.07, 6.45) is 5.69. The second-order valence-electron chi connectivity index (χ2n) is 6.50. The number of rotatable bonds is 4. The minimum atomic E-state index is -0.351. The first-order chi connectivity index (χ1) is 12.1. The number of halogens is 1. The number of hydrogen-bond acceptors (Lipinski definition) is 3. The van der Waals surface area contributed by atoms with Crippen molar-refractivity contribution in [3.05, 3.63) is 59.7 Å². The molecule has 1 aliphatic heterocycles. The van der Waals surface area contributed by atoms with Crippen LogP contribution in [0.2, 0.25) is 0 Å². The van der Waals surface area contributed by atoms with Crippen LogP contribution < -0.4 is 16.0 Å². The third-order valence-electron chi connectivity index (χ3n) is 4.55. The molecule has 1 aliphatic carbocycles. The molecule has 4 N–H and O–H groups in total. The van der Waals surface area contributed by atoms with E-state index in [9.17, 15) is 4.39 Å². The monoisotopic (exact) mass is 340 g/mol. The number of benzene rings is 1. The average molecular weight is 340 g/mol. The lowest BCUT2D eigenvalue weighted by molar-refractivity contribution is 0.626. The van der Waals surface area contributed by atoms with Crippen LogP contribution in [0.3, 0.4) is 0 Å². The zero-order valence-corrected chi connectivity index (χ0v) is 14.0. The Balaban J connectivity index is 1.62. The lowest BCUT2D eigenvalue weighted by Gasteiger charge is -2.31. The zero-order chi connectivity index (χ0) is 17.4. The molecule has 7 heteroatoms. The van der Waals surface area contributed by atoms with Gasteiger partial charge in [0.15, 0.2) is 5.82 Å². The van der Waals surface area contributed by atoms with Gasteiger partial charge in [0.1, 0.15) is 12.0 Å². The highest BCUT2D eigenvalue weighted by molar-refractivity contribution is 5.97. The molecule has 6 nitrogen and oxygen atoms in total. The van der Waals surface area contributed by atoms with Gasteiger partial charge in [0.05, 0.1) is 6.04 Å². The molecule has 2 aliphatic rings. The number of nitrogens with zero attached hydrogens (tertiary/aromatic N) is 3. The van der Waals surface area contributed by atoms with Gasteiger partial charge in [0.2, 0.25) is 5.96 Å². The van der Waals surface area contributed by atoms with Gasteiger partial charge in [-0.2, -0.15) is 5.10 Å². The summed E-state index contributed by atoms with van der Waals surface area (Å²) in [6, 6.07) is 8.26. The molecule has 2 atom stereocenters. The topological polar surface area (TPSA) is 82.3 Å². The second kappa shape index (κ2) is 6.33. The van der Waals surface area contributed by atoms with Gasteiger partial charge in [-0.1, -0.05) is 12.1 Å². The summed E-state index contributed by atoms with van der Waals surface area (Å²) >= 11 is 0. The average Bonchev–Trinajstić information content (AvgIpc) is 3.34. The van der Waals surface area contributed by atoms with E-state index in [-0.39, 0.29) is 18.0 Å². The van der Waals surface area contributed by atoms with Gasteiger partial charge in [-0.15, -0.1) is 0 Å². The normalized spacial score (nSPS) is 22.9. The van der Waals surface area contributed by atoms with Crippen molar-refractivity contribution in [3.63, 3.8) is 0 Å². The molecule has 0 bridgehead atoms. The Bertz CT molecular complexity index is 805. The second-order valence-corrected chi connectivity index (χ2v) is 6.50. The maximum Gasteiger partial charge on any atom is 0.206 e. The largest absolute Gasteiger partial charge is 0.333 e. The van der Waals surface area contributed by atoms with Crippen molar-refractivity contribution in [2.75, 3.05) is 4.90 Å². The van der Waals surface area contributed by atoms with Crippen LogP contribution in [-0.4, -0.2) is 22.3 Å². The van der Waals surface area contributed by atoms with Crippen molar-refractivity contribution in [3.8, 4) is 0 Å². The number of hydrogen-bond donors (Lipinski definition) is 3. The highest BCUT2D eigenvalue weighted by Gasteiger charge is 2.29. The minimum Gasteiger partial charge on any atom is -0.333 e. The van der Waals surface area contributed by atoms with Crippen molar-refractivity contribution in [1.29, 1.82) is 0 Å². The Labute approximate surface area is 145 Å². The Morgan fingerprint density at radius 1 is 1.32 bits per heavy atom. The lowest BCUT2D eigenvalue weighted by atomic mass is 10.1. The summed E-state index contributed by atoms with van der Waals surface area (Å²) in [5, 5.41) is 10.7. The quantitative estimate of drug-likeness (QED) is 0.799. The number of aliphatic imine (C=N–C) groups is 1. The van der Waals surface area contributed by atoms with E-state index in [1.807, 2.05) is 24.0 Å². The number of H-pyrrole nitrogens is 1. The fraction of sp³-hybridized carbons (Fsp3) is 0.333. The van der Waals surface area contributed by atoms with E-state index in [4.69, 9.17) is 10.7 Å². The Morgan fingerprint density at radius 3 is 2.80 bits per heavy atom. The molecule has 1 unspecified atom stereocenters. The summed E-state index contributed by atoms with van der Waals surface area (Å²) in [5.41, 5.74) is 8.32. The molecule has 0 amide bonds. The molecule has 4 rings (SSSR count). The highest BCUT2D eigenvalue weighted by Crippen LogP contribution is 2.40. The van der Waals surface area contributed by atoms with Crippen molar-refractivity contribution >= 4 is 11.8 Å². The molecule has 2 heterocycles. The highest BCUT2D eigenvalue weighted by atomic mass is 19.1. The van der Waals surface area contributed by atoms with Crippen LogP contribution >= 0.6 is 0 Å². The smallest absolute Gasteiger partial charge is 0.206 e. The molecule has 1 saturated carbocycles. The fourth-order valence-electron chi connectivity index (χ4n) is 2.93. The number of nitrogens with one attached hydrogen (secondary N) is 2. The molecule has 1 aromatic heterocycles. The van der Waals surface area contributed by atoms with Gasteiger partial charge >= 0.3 is 0 Å². The Hall–Kier alpha value is -2.67. The molecular formula is C18H21FN6. The molecule has 1 fully saturated rings. The van der Waals surface area contributed by atoms with Crippen molar-refractivity contribution in [2.24, 2.45) is 10.7 Å². The predicted octanol–water partition coefficient (Wildman–Crippen LogP) is 2.75. The first-order valence-corrected chi connectivity index (χ1v) is 8.48. The summed E-state index contributed by atoms with van der Waals surface area (Å²) in [7, 11) is 0. The number of guanidine groups is 1. The zero-order valence-electron chi connectivity index (χ0n) is 14.0. The van der Waals surface area contributed by atoms with Crippen molar-refractivity contribution in [1.82, 2.24) is 15.5 Å². The van der Waals surface area contributed by atoms with Crippen LogP contribution in [0.5, 0.6) is 0 Å². The van der Waals surface area contributed by atoms with E-state index in [1.54, 1.807) is 18.3 Å². The van der Waals surface area contributed by atoms with Gasteiger partial charge in [-0.05, 0) is 43.5 Å². The van der Waals surface area contributed by atoms with E-state index in [0.29, 0.717) is 11.9 Å². The molecule has 0 saturated heterocycles. The van der Waals surface area contributed by atoms with Crippen LogP contribution in [0.15, 0.2) is 47.6 Å². The summed E-state index contributed by atoms with van der Waals surface area (Å²) in [4.78, 5) is 6.60. The molecule has 25 heavy (non-hydrogen) atoms. The van der Waals surface area contributed by atoms with E-state index >= 15 is 0 Å². The molecule has 130 valence electrons. The third kappa shape index (κ3) is 3.28. The maximum absolute atomic E-state index is 13.1. The molecular weight excluding hydrogens is 319 g/mol. The number of anilines is 1. The van der Waals surface area contributed by atoms with Gasteiger partial charge < -0.3 is 11.1 Å². The maximum atomic E-state index is 13.1. The van der Waals surface area contributed by atoms with Crippen molar-refractivity contribution < 1.29 is 4.39 Å². The Kier molecular flexibility index (Phi) is 4.01. The van der Waals surface area contributed by atoms with E-state index in [2.05, 4.69) is 15.5 Å². The van der Waals surface area contributed by atoms with E-state index in [0.717, 1.165) is 17.1 Å². The predicted molar refractivity (Wildman–Crippen MR) is 95.5 cm³/mol. The standard InChI is InChI=1S/C18H21FN6/c1-11(12-4-6-14(19)7-5-12)22-18-21-9-8-16(20)25(18)17-10-15(23-24-17)13-2-3-13/h4-11,13,16H,2-3,20H2,1H3,(H,21,22)(H,23,24)/t11-,16?/m0/s1. The summed E-state index contributed by atoms with van der Waals surface area (Å²) in [6.45, 7) is 1.96. The molecule has 1 aromatic carbocycles. The molecule has 0 radical (unpaired) electrons. The third-order valence-corrected chi connectivity index (χ3v) is 4.55. The molecule has 2 aromatic rings. The first kappa shape index (κ1) is 15.8. The first-order valence-electron chi connectivity index (χ1n) is 8.48. The Morgan fingerprint density at radius 2 is 2.08 bits per heavy atom. The summed E-state index contributed by atoms with van der Waals surface area (Å²) in [5.74, 6) is 1.70. The fourth-order valence-corrected chi connectivity index (χ4v) is 2.93. The van der Waals surface area contributed by atoms with Crippen LogP contribution in [0.25, 0.3) is 0 Å². The van der Waals surface area contributed by atoms with Crippen LogP contribution in [0.1, 0.15) is 43.0 Å². The van der Waals surface area contributed by atoms with Crippen LogP contribution in [0.4, 0.5) is 10.2 Å². The minimum absolute atomic E-state index is 0.147. The van der Waals surface area contributed by atoms with Gasteiger partial charge in [0, 0.05) is 23.9 Å². The van der Waals surface area contributed by atoms with Crippen LogP contribution in [0, 0.1) is 5.82 Å². The molecule has 0 spiro atoms. The van der Waals surface area contributed by atoms with Gasteiger partial charge in [0.25, 0.3) is 0 Å². The number of nitrogens with two attached hydrogens (primary N) is 1. The van der Waals surface area contributed by atoms with Crippen molar-refractivity contribution in [2.45, 2.75) is 37.9 Å². The summed E-state index contributed by atoms with van der Waals surface area (Å²) < 4.78 is 13.1.